The summed E-state index contributed by atoms with van der Waals surface area (Å²) in [5.41, 5.74) is 5.20. The molecule has 0 aliphatic heterocycles. The number of rotatable bonds is 5. The highest BCUT2D eigenvalue weighted by atomic mass is 28.3. The van der Waals surface area contributed by atoms with Gasteiger partial charge < -0.3 is 0 Å². The average molecular weight is 348 g/mol. The van der Waals surface area contributed by atoms with Crippen molar-refractivity contribution in [3.8, 4) is 11.5 Å². The van der Waals surface area contributed by atoms with Crippen molar-refractivity contribution in [2.75, 3.05) is 0 Å². The van der Waals surface area contributed by atoms with E-state index < -0.39 is 18.8 Å². The van der Waals surface area contributed by atoms with Gasteiger partial charge >= 0.3 is 0 Å². The van der Waals surface area contributed by atoms with Crippen LogP contribution in [0.5, 0.6) is 0 Å². The Bertz CT molecular complexity index is 645. The van der Waals surface area contributed by atoms with Crippen LogP contribution in [0, 0.1) is 21.6 Å². The van der Waals surface area contributed by atoms with Gasteiger partial charge in [0.05, 0.1) is 4.92 Å². The van der Waals surface area contributed by atoms with E-state index in [4.69, 9.17) is 0 Å². The van der Waals surface area contributed by atoms with E-state index in [1.807, 2.05) is 0 Å². The van der Waals surface area contributed by atoms with Crippen molar-refractivity contribution in [1.82, 2.24) is 0 Å². The third-order valence-electron chi connectivity index (χ3n) is 4.66. The Hall–Kier alpha value is -1.93. The molecule has 0 aromatic heterocycles. The van der Waals surface area contributed by atoms with Gasteiger partial charge in [-0.3, -0.25) is 10.1 Å². The Labute approximate surface area is 145 Å². The Morgan fingerprint density at radius 3 is 1.92 bits per heavy atom. The van der Waals surface area contributed by atoms with Crippen molar-refractivity contribution < 1.29 is 9.31 Å². The molecule has 0 aliphatic rings. The second-order valence-corrected chi connectivity index (χ2v) is 12.6. The predicted molar refractivity (Wildman–Crippen MR) is 101 cm³/mol. The molecule has 0 spiro atoms. The van der Waals surface area contributed by atoms with Crippen LogP contribution in [-0.2, 0) is 0 Å². The van der Waals surface area contributed by atoms with Crippen LogP contribution in [0.4, 0.5) is 10.1 Å². The average Bonchev–Trinajstić information content (AvgIpc) is 2.47. The van der Waals surface area contributed by atoms with Crippen LogP contribution in [-0.4, -0.2) is 13.0 Å². The molecule has 0 atom stereocenters. The lowest BCUT2D eigenvalue weighted by atomic mass is 10.2. The molecule has 130 valence electrons. The Kier molecular flexibility index (Phi) is 6.91. The van der Waals surface area contributed by atoms with Gasteiger partial charge in [-0.05, 0) is 46.3 Å². The van der Waals surface area contributed by atoms with Crippen LogP contribution in [0.1, 0.15) is 47.1 Å². The summed E-state index contributed by atoms with van der Waals surface area (Å²) in [6.07, 6.45) is 1.33. The van der Waals surface area contributed by atoms with E-state index in [1.54, 1.807) is 0 Å². The minimum absolute atomic E-state index is 0.00973. The van der Waals surface area contributed by atoms with E-state index in [9.17, 15) is 14.5 Å². The van der Waals surface area contributed by atoms with E-state index >= 15 is 0 Å². The summed E-state index contributed by atoms with van der Waals surface area (Å²) in [4.78, 5) is 10.2. The molecule has 0 saturated heterocycles. The number of hydrogen-bond donors (Lipinski definition) is 0. The third-order valence-corrected chi connectivity index (χ3v) is 11.0. The fourth-order valence-electron chi connectivity index (χ4n) is 3.48. The van der Waals surface area contributed by atoms with Crippen LogP contribution in [0.2, 0.25) is 16.6 Å². The molecular weight excluding hydrogens is 321 g/mol. The molecule has 24 heavy (non-hydrogen) atoms. The maximum Gasteiger partial charge on any atom is 0.269 e. The lowest BCUT2D eigenvalue weighted by molar-refractivity contribution is -0.384. The van der Waals surface area contributed by atoms with Crippen molar-refractivity contribution in [1.29, 1.82) is 0 Å². The van der Waals surface area contributed by atoms with Crippen LogP contribution in [0.15, 0.2) is 30.1 Å². The van der Waals surface area contributed by atoms with Gasteiger partial charge in [0.2, 0.25) is 0 Å². The lowest BCUT2D eigenvalue weighted by Crippen LogP contribution is -2.43. The zero-order chi connectivity index (χ0) is 18.5. The number of allylic oxidation sites excluding steroid dienone is 1. The fraction of sp³-hybridized carbons (Fsp3) is 0.474. The molecule has 0 N–H and O–H groups in total. The number of nitrogens with zero attached hydrogens (tertiary/aromatic N) is 1. The number of nitro groups is 1. The van der Waals surface area contributed by atoms with E-state index in [2.05, 4.69) is 53.0 Å². The van der Waals surface area contributed by atoms with Gasteiger partial charge in [0.1, 0.15) is 8.07 Å². The summed E-state index contributed by atoms with van der Waals surface area (Å²) in [7, 11) is -1.96. The van der Waals surface area contributed by atoms with E-state index in [-0.39, 0.29) is 5.69 Å². The largest absolute Gasteiger partial charge is 0.269 e. The molecule has 0 bridgehead atoms. The topological polar surface area (TPSA) is 43.1 Å². The van der Waals surface area contributed by atoms with Crippen LogP contribution < -0.4 is 0 Å². The molecule has 0 unspecified atom stereocenters. The molecule has 0 heterocycles. The smallest absolute Gasteiger partial charge is 0.258 e. The number of halogens is 1. The molecule has 0 saturated carbocycles. The third kappa shape index (κ3) is 4.54. The first kappa shape index (κ1) is 20.1. The first-order valence-electron chi connectivity index (χ1n) is 8.26. The summed E-state index contributed by atoms with van der Waals surface area (Å²) in [5, 5.41) is 10.6. The Morgan fingerprint density at radius 1 is 1.08 bits per heavy atom. The first-order valence-corrected chi connectivity index (χ1v) is 10.5. The molecule has 0 aliphatic carbocycles. The summed E-state index contributed by atoms with van der Waals surface area (Å²) >= 11 is 0. The number of benzene rings is 1. The molecule has 1 rings (SSSR count). The monoisotopic (exact) mass is 347 g/mol. The Morgan fingerprint density at radius 2 is 1.54 bits per heavy atom. The standard InChI is InChI=1S/C19H26FNO2Si/c1-14(2)24(15(3)4,16(5)6)12-11-18(20)13-17-7-9-19(10-8-17)21(22)23/h7-10,13-16H,1-6H3/b18-13+. The van der Waals surface area contributed by atoms with Gasteiger partial charge in [0, 0.05) is 12.1 Å². The molecular formula is C19H26FNO2Si. The molecule has 0 fully saturated rings. The summed E-state index contributed by atoms with van der Waals surface area (Å²) < 4.78 is 14.2. The second-order valence-electron chi connectivity index (χ2n) is 6.99. The number of hydrogen-bond acceptors (Lipinski definition) is 2. The van der Waals surface area contributed by atoms with Crippen molar-refractivity contribution in [2.24, 2.45) is 0 Å². The predicted octanol–water partition coefficient (Wildman–Crippen LogP) is 6.13. The van der Waals surface area contributed by atoms with E-state index in [0.717, 1.165) is 0 Å². The van der Waals surface area contributed by atoms with Gasteiger partial charge in [-0.2, -0.15) is 4.39 Å². The highest BCUT2D eigenvalue weighted by Crippen LogP contribution is 2.40. The van der Waals surface area contributed by atoms with Crippen molar-refractivity contribution in [3.05, 3.63) is 45.8 Å². The fourth-order valence-corrected chi connectivity index (χ4v) is 8.68. The number of nitro benzene ring substituents is 1. The first-order chi connectivity index (χ1) is 11.1. The minimum Gasteiger partial charge on any atom is -0.258 e. The summed E-state index contributed by atoms with van der Waals surface area (Å²) in [6.45, 7) is 13.1. The Balaban J connectivity index is 3.14. The maximum atomic E-state index is 14.2. The quantitative estimate of drug-likeness (QED) is 0.278. The molecule has 3 nitrogen and oxygen atoms in total. The molecule has 5 heteroatoms. The van der Waals surface area contributed by atoms with Crippen molar-refractivity contribution in [3.63, 3.8) is 0 Å². The number of non-ortho nitro benzene ring substituents is 1. The lowest BCUT2D eigenvalue weighted by Gasteiger charge is -2.37. The molecule has 1 aromatic carbocycles. The van der Waals surface area contributed by atoms with Gasteiger partial charge in [0.15, 0.2) is 5.83 Å². The van der Waals surface area contributed by atoms with Gasteiger partial charge in [-0.1, -0.05) is 41.5 Å². The maximum absolute atomic E-state index is 14.2. The van der Waals surface area contributed by atoms with Gasteiger partial charge in [-0.25, -0.2) is 0 Å². The van der Waals surface area contributed by atoms with Crippen LogP contribution in [0.3, 0.4) is 0 Å². The molecule has 0 radical (unpaired) electrons. The second kappa shape index (κ2) is 8.25. The molecule has 0 amide bonds. The zero-order valence-electron chi connectivity index (χ0n) is 15.3. The van der Waals surface area contributed by atoms with Gasteiger partial charge in [0.25, 0.3) is 5.69 Å². The van der Waals surface area contributed by atoms with E-state index in [0.29, 0.717) is 22.2 Å². The molecule has 1 aromatic rings. The summed E-state index contributed by atoms with van der Waals surface area (Å²) in [6, 6.07) is 5.78. The van der Waals surface area contributed by atoms with Crippen molar-refractivity contribution in [2.45, 2.75) is 58.2 Å². The normalized spacial score (nSPS) is 12.5. The highest BCUT2D eigenvalue weighted by Gasteiger charge is 2.41. The SMILES string of the molecule is CC(C)[Si](C#C/C(F)=C\c1ccc([N+](=O)[O-])cc1)(C(C)C)C(C)C. The van der Waals surface area contributed by atoms with Crippen molar-refractivity contribution >= 4 is 19.8 Å². The van der Waals surface area contributed by atoms with Crippen LogP contribution >= 0.6 is 0 Å². The summed E-state index contributed by atoms with van der Waals surface area (Å²) in [5.74, 6) is 2.23. The van der Waals surface area contributed by atoms with E-state index in [1.165, 1.54) is 30.3 Å². The highest BCUT2D eigenvalue weighted by molar-refractivity contribution is 6.90. The van der Waals surface area contributed by atoms with Gasteiger partial charge in [-0.15, -0.1) is 5.54 Å². The zero-order valence-corrected chi connectivity index (χ0v) is 16.3. The van der Waals surface area contributed by atoms with Crippen LogP contribution in [0.25, 0.3) is 6.08 Å². The minimum atomic E-state index is -1.96.